The lowest BCUT2D eigenvalue weighted by atomic mass is 10.1. The van der Waals surface area contributed by atoms with E-state index in [0.29, 0.717) is 12.1 Å². The first-order valence-corrected chi connectivity index (χ1v) is 8.84. The lowest BCUT2D eigenvalue weighted by Gasteiger charge is -2.08. The molecule has 5 nitrogen and oxygen atoms in total. The standard InChI is InChI=1S/C19H16N4OS/c1-11-17-15(10-25-19(17)23-12(2)22-11)18(24)21-9-13-7-8-20-16-6-4-3-5-14(13)16/h3-8,10H,9H2,1-2H3,(H,21,24). The van der Waals surface area contributed by atoms with Crippen molar-refractivity contribution < 1.29 is 4.79 Å². The first-order valence-electron chi connectivity index (χ1n) is 7.97. The molecule has 6 heteroatoms. The van der Waals surface area contributed by atoms with Gasteiger partial charge in [0.05, 0.1) is 16.8 Å². The Kier molecular flexibility index (Phi) is 3.89. The molecule has 0 aliphatic carbocycles. The lowest BCUT2D eigenvalue weighted by molar-refractivity contribution is 0.0953. The smallest absolute Gasteiger partial charge is 0.253 e. The fourth-order valence-corrected chi connectivity index (χ4v) is 4.01. The molecule has 0 saturated heterocycles. The summed E-state index contributed by atoms with van der Waals surface area (Å²) in [5.41, 5.74) is 3.44. The zero-order valence-corrected chi connectivity index (χ0v) is 14.7. The molecular formula is C19H16N4OS. The van der Waals surface area contributed by atoms with Crippen LogP contribution in [0.4, 0.5) is 0 Å². The number of hydrogen-bond acceptors (Lipinski definition) is 5. The number of amides is 1. The van der Waals surface area contributed by atoms with E-state index in [2.05, 4.69) is 20.3 Å². The van der Waals surface area contributed by atoms with E-state index < -0.39 is 0 Å². The van der Waals surface area contributed by atoms with Gasteiger partial charge in [-0.3, -0.25) is 9.78 Å². The maximum Gasteiger partial charge on any atom is 0.253 e. The van der Waals surface area contributed by atoms with E-state index in [1.165, 1.54) is 11.3 Å². The molecule has 0 bridgehead atoms. The molecule has 4 rings (SSSR count). The second-order valence-corrected chi connectivity index (χ2v) is 6.71. The summed E-state index contributed by atoms with van der Waals surface area (Å²) in [6.07, 6.45) is 1.77. The third-order valence-electron chi connectivity index (χ3n) is 4.15. The summed E-state index contributed by atoms with van der Waals surface area (Å²) in [6.45, 7) is 4.22. The largest absolute Gasteiger partial charge is 0.348 e. The van der Waals surface area contributed by atoms with Gasteiger partial charge in [0.15, 0.2) is 0 Å². The summed E-state index contributed by atoms with van der Waals surface area (Å²) in [5, 5.41) is 6.76. The maximum absolute atomic E-state index is 12.7. The molecule has 3 heterocycles. The molecule has 1 N–H and O–H groups in total. The highest BCUT2D eigenvalue weighted by atomic mass is 32.1. The monoisotopic (exact) mass is 348 g/mol. The van der Waals surface area contributed by atoms with Gasteiger partial charge < -0.3 is 5.32 Å². The molecule has 0 fully saturated rings. The zero-order chi connectivity index (χ0) is 17.4. The highest BCUT2D eigenvalue weighted by molar-refractivity contribution is 7.17. The summed E-state index contributed by atoms with van der Waals surface area (Å²) in [7, 11) is 0. The Hall–Kier alpha value is -2.86. The summed E-state index contributed by atoms with van der Waals surface area (Å²) in [4.78, 5) is 26.7. The van der Waals surface area contributed by atoms with Gasteiger partial charge in [0.1, 0.15) is 10.7 Å². The second-order valence-electron chi connectivity index (χ2n) is 5.86. The molecule has 0 atom stereocenters. The summed E-state index contributed by atoms with van der Waals surface area (Å²) >= 11 is 1.47. The van der Waals surface area contributed by atoms with Gasteiger partial charge in [-0.2, -0.15) is 0 Å². The molecule has 0 aliphatic heterocycles. The fraction of sp³-hybridized carbons (Fsp3) is 0.158. The van der Waals surface area contributed by atoms with Gasteiger partial charge in [0.25, 0.3) is 5.91 Å². The SMILES string of the molecule is Cc1nc(C)c2c(C(=O)NCc3ccnc4ccccc34)csc2n1. The van der Waals surface area contributed by atoms with Crippen molar-refractivity contribution in [3.8, 4) is 0 Å². The predicted octanol–water partition coefficient (Wildman–Crippen LogP) is 3.79. The molecule has 25 heavy (non-hydrogen) atoms. The maximum atomic E-state index is 12.7. The van der Waals surface area contributed by atoms with Crippen LogP contribution in [0.5, 0.6) is 0 Å². The van der Waals surface area contributed by atoms with Gasteiger partial charge >= 0.3 is 0 Å². The van der Waals surface area contributed by atoms with E-state index in [1.54, 1.807) is 6.20 Å². The van der Waals surface area contributed by atoms with Crippen LogP contribution < -0.4 is 5.32 Å². The number of para-hydroxylation sites is 1. The third-order valence-corrected chi connectivity index (χ3v) is 5.02. The minimum absolute atomic E-state index is 0.109. The fourth-order valence-electron chi connectivity index (χ4n) is 3.00. The van der Waals surface area contributed by atoms with E-state index in [0.717, 1.165) is 38.2 Å². The van der Waals surface area contributed by atoms with E-state index in [1.807, 2.05) is 49.6 Å². The Labute approximate surface area is 148 Å². The predicted molar refractivity (Wildman–Crippen MR) is 99.8 cm³/mol. The van der Waals surface area contributed by atoms with Gasteiger partial charge in [0, 0.05) is 28.9 Å². The first kappa shape index (κ1) is 15.7. The van der Waals surface area contributed by atoms with Crippen LogP contribution in [-0.2, 0) is 6.54 Å². The molecule has 0 saturated carbocycles. The normalized spacial score (nSPS) is 11.1. The Bertz CT molecular complexity index is 1100. The van der Waals surface area contributed by atoms with Crippen molar-refractivity contribution in [1.82, 2.24) is 20.3 Å². The molecule has 0 spiro atoms. The molecule has 4 aromatic rings. The van der Waals surface area contributed by atoms with Crippen molar-refractivity contribution in [1.29, 1.82) is 0 Å². The number of carbonyl (C=O) groups is 1. The molecule has 3 aromatic heterocycles. The molecule has 1 amide bonds. The summed E-state index contributed by atoms with van der Waals surface area (Å²) in [5.74, 6) is 0.616. The van der Waals surface area contributed by atoms with Gasteiger partial charge in [-0.1, -0.05) is 18.2 Å². The molecule has 1 aromatic carbocycles. The lowest BCUT2D eigenvalue weighted by Crippen LogP contribution is -2.22. The molecule has 124 valence electrons. The van der Waals surface area contributed by atoms with Crippen LogP contribution in [0.2, 0.25) is 0 Å². The molecule has 0 aliphatic rings. The number of aromatic nitrogens is 3. The first-order chi connectivity index (χ1) is 12.1. The van der Waals surface area contributed by atoms with Crippen LogP contribution in [0.15, 0.2) is 41.9 Å². The van der Waals surface area contributed by atoms with E-state index >= 15 is 0 Å². The van der Waals surface area contributed by atoms with Crippen LogP contribution >= 0.6 is 11.3 Å². The molecular weight excluding hydrogens is 332 g/mol. The second kappa shape index (κ2) is 6.22. The van der Waals surface area contributed by atoms with Crippen LogP contribution in [0, 0.1) is 13.8 Å². The quantitative estimate of drug-likeness (QED) is 0.612. The molecule has 0 unspecified atom stereocenters. The minimum Gasteiger partial charge on any atom is -0.348 e. The highest BCUT2D eigenvalue weighted by Crippen LogP contribution is 2.26. The van der Waals surface area contributed by atoms with E-state index in [-0.39, 0.29) is 5.91 Å². The molecule has 0 radical (unpaired) electrons. The number of fused-ring (bicyclic) bond motifs is 2. The number of pyridine rings is 1. The Morgan fingerprint density at radius 2 is 2.00 bits per heavy atom. The number of nitrogens with zero attached hydrogens (tertiary/aromatic N) is 3. The highest BCUT2D eigenvalue weighted by Gasteiger charge is 2.16. The summed E-state index contributed by atoms with van der Waals surface area (Å²) in [6, 6.07) is 9.86. The van der Waals surface area contributed by atoms with Crippen molar-refractivity contribution in [2.75, 3.05) is 0 Å². The number of aryl methyl sites for hydroxylation is 2. The number of hydrogen-bond donors (Lipinski definition) is 1. The van der Waals surface area contributed by atoms with E-state index in [9.17, 15) is 4.79 Å². The van der Waals surface area contributed by atoms with Crippen LogP contribution in [0.1, 0.15) is 27.4 Å². The van der Waals surface area contributed by atoms with Crippen LogP contribution in [-0.4, -0.2) is 20.9 Å². The van der Waals surface area contributed by atoms with Crippen molar-refractivity contribution in [2.45, 2.75) is 20.4 Å². The topological polar surface area (TPSA) is 67.8 Å². The van der Waals surface area contributed by atoms with E-state index in [4.69, 9.17) is 0 Å². The zero-order valence-electron chi connectivity index (χ0n) is 13.9. The van der Waals surface area contributed by atoms with Gasteiger partial charge in [-0.25, -0.2) is 9.97 Å². The number of carbonyl (C=O) groups excluding carboxylic acids is 1. The van der Waals surface area contributed by atoms with Crippen LogP contribution in [0.25, 0.3) is 21.1 Å². The van der Waals surface area contributed by atoms with Crippen molar-refractivity contribution in [3.63, 3.8) is 0 Å². The van der Waals surface area contributed by atoms with Gasteiger partial charge in [-0.05, 0) is 31.5 Å². The van der Waals surface area contributed by atoms with Gasteiger partial charge in [0.2, 0.25) is 0 Å². The van der Waals surface area contributed by atoms with Crippen molar-refractivity contribution >= 4 is 38.4 Å². The van der Waals surface area contributed by atoms with Crippen molar-refractivity contribution in [3.05, 3.63) is 64.6 Å². The summed E-state index contributed by atoms with van der Waals surface area (Å²) < 4.78 is 0. The Morgan fingerprint density at radius 3 is 2.88 bits per heavy atom. The van der Waals surface area contributed by atoms with Gasteiger partial charge in [-0.15, -0.1) is 11.3 Å². The minimum atomic E-state index is -0.109. The number of rotatable bonds is 3. The average Bonchev–Trinajstić information content (AvgIpc) is 3.04. The third kappa shape index (κ3) is 2.85. The van der Waals surface area contributed by atoms with Crippen molar-refractivity contribution in [2.24, 2.45) is 0 Å². The Balaban J connectivity index is 1.63. The number of thiophene rings is 1. The number of benzene rings is 1. The van der Waals surface area contributed by atoms with Crippen LogP contribution in [0.3, 0.4) is 0 Å². The Morgan fingerprint density at radius 1 is 1.16 bits per heavy atom. The number of nitrogens with one attached hydrogen (secondary N) is 1. The average molecular weight is 348 g/mol.